The van der Waals surface area contributed by atoms with Crippen molar-refractivity contribution in [3.63, 3.8) is 0 Å². The molecule has 2 heterocycles. The molecule has 28 heavy (non-hydrogen) atoms. The zero-order valence-corrected chi connectivity index (χ0v) is 15.9. The van der Waals surface area contributed by atoms with Crippen molar-refractivity contribution in [1.29, 1.82) is 0 Å². The van der Waals surface area contributed by atoms with Crippen LogP contribution in [0.25, 0.3) is 11.3 Å². The van der Waals surface area contributed by atoms with Gasteiger partial charge in [-0.15, -0.1) is 0 Å². The van der Waals surface area contributed by atoms with Crippen LogP contribution < -0.4 is 10.6 Å². The fourth-order valence-electron chi connectivity index (χ4n) is 2.68. The Hall–Kier alpha value is -3.48. The van der Waals surface area contributed by atoms with Crippen molar-refractivity contribution < 1.29 is 14.1 Å². The Morgan fingerprint density at radius 3 is 2.61 bits per heavy atom. The Morgan fingerprint density at radius 1 is 1.04 bits per heavy atom. The highest BCUT2D eigenvalue weighted by Gasteiger charge is 2.15. The van der Waals surface area contributed by atoms with Gasteiger partial charge < -0.3 is 15.2 Å². The van der Waals surface area contributed by atoms with Crippen LogP contribution in [0.3, 0.4) is 0 Å². The monoisotopic (exact) mass is 378 g/mol. The maximum atomic E-state index is 12.2. The number of hydrogen-bond acceptors (Lipinski definition) is 5. The van der Waals surface area contributed by atoms with Gasteiger partial charge in [-0.3, -0.25) is 14.6 Å². The van der Waals surface area contributed by atoms with Gasteiger partial charge in [-0.1, -0.05) is 22.9 Å². The standard InChI is InChI=1S/C21H22N4O3/c1-14-3-4-15(2)17(11-14)19-12-18(25-28-19)21(27)23-10-7-20(26)24-13-16-5-8-22-9-6-16/h3-6,8-9,11-12H,7,10,13H2,1-2H3,(H,23,27)(H,24,26). The lowest BCUT2D eigenvalue weighted by molar-refractivity contribution is -0.121. The molecule has 1 aromatic carbocycles. The minimum Gasteiger partial charge on any atom is -0.355 e. The van der Waals surface area contributed by atoms with Crippen molar-refractivity contribution in [2.75, 3.05) is 6.54 Å². The minimum absolute atomic E-state index is 0.145. The number of aromatic nitrogens is 2. The third-order valence-corrected chi connectivity index (χ3v) is 4.28. The van der Waals surface area contributed by atoms with Gasteiger partial charge in [0.05, 0.1) is 0 Å². The molecule has 2 aromatic heterocycles. The van der Waals surface area contributed by atoms with Gasteiger partial charge in [-0.25, -0.2) is 0 Å². The number of amides is 2. The number of rotatable bonds is 7. The fraction of sp³-hybridized carbons (Fsp3) is 0.238. The number of pyridine rings is 1. The van der Waals surface area contributed by atoms with Gasteiger partial charge >= 0.3 is 0 Å². The zero-order valence-electron chi connectivity index (χ0n) is 15.9. The van der Waals surface area contributed by atoms with E-state index in [1.807, 2.05) is 44.2 Å². The van der Waals surface area contributed by atoms with E-state index in [2.05, 4.69) is 20.8 Å². The van der Waals surface area contributed by atoms with E-state index < -0.39 is 0 Å². The first kappa shape index (κ1) is 19.3. The molecule has 7 heteroatoms. The van der Waals surface area contributed by atoms with E-state index in [0.717, 1.165) is 22.3 Å². The molecule has 2 N–H and O–H groups in total. The summed E-state index contributed by atoms with van der Waals surface area (Å²) in [5, 5.41) is 9.33. The van der Waals surface area contributed by atoms with Crippen molar-refractivity contribution in [3.05, 3.63) is 71.2 Å². The smallest absolute Gasteiger partial charge is 0.273 e. The highest BCUT2D eigenvalue weighted by Crippen LogP contribution is 2.25. The van der Waals surface area contributed by atoms with Crippen LogP contribution in [0.2, 0.25) is 0 Å². The number of hydrogen-bond donors (Lipinski definition) is 2. The average molecular weight is 378 g/mol. The summed E-state index contributed by atoms with van der Waals surface area (Å²) in [5.74, 6) is 0.0250. The van der Waals surface area contributed by atoms with Crippen LogP contribution in [-0.2, 0) is 11.3 Å². The number of aryl methyl sites for hydroxylation is 2. The molecular formula is C21H22N4O3. The van der Waals surface area contributed by atoms with E-state index >= 15 is 0 Å². The summed E-state index contributed by atoms with van der Waals surface area (Å²) in [4.78, 5) is 28.0. The molecule has 0 fully saturated rings. The number of carbonyl (C=O) groups is 2. The Kier molecular flexibility index (Phi) is 6.16. The van der Waals surface area contributed by atoms with Crippen LogP contribution >= 0.6 is 0 Å². The number of nitrogens with one attached hydrogen (secondary N) is 2. The summed E-state index contributed by atoms with van der Waals surface area (Å²) in [5.41, 5.74) is 4.20. The summed E-state index contributed by atoms with van der Waals surface area (Å²) >= 11 is 0. The molecule has 0 aliphatic heterocycles. The normalized spacial score (nSPS) is 10.5. The third kappa shape index (κ3) is 5.03. The topological polar surface area (TPSA) is 97.1 Å². The molecule has 144 valence electrons. The maximum Gasteiger partial charge on any atom is 0.273 e. The lowest BCUT2D eigenvalue weighted by Crippen LogP contribution is -2.30. The van der Waals surface area contributed by atoms with Gasteiger partial charge in [0, 0.05) is 43.5 Å². The van der Waals surface area contributed by atoms with Crippen molar-refractivity contribution in [2.24, 2.45) is 0 Å². The Morgan fingerprint density at radius 2 is 1.82 bits per heavy atom. The Bertz CT molecular complexity index is 967. The zero-order chi connectivity index (χ0) is 19.9. The maximum absolute atomic E-state index is 12.2. The highest BCUT2D eigenvalue weighted by atomic mass is 16.5. The average Bonchev–Trinajstić information content (AvgIpc) is 3.19. The van der Waals surface area contributed by atoms with E-state index in [0.29, 0.717) is 12.3 Å². The van der Waals surface area contributed by atoms with Crippen LogP contribution in [0, 0.1) is 13.8 Å². The first-order chi connectivity index (χ1) is 13.5. The van der Waals surface area contributed by atoms with Gasteiger partial charge in [0.15, 0.2) is 11.5 Å². The molecule has 0 bridgehead atoms. The molecule has 2 amide bonds. The van der Waals surface area contributed by atoms with E-state index in [1.165, 1.54) is 0 Å². The number of carbonyl (C=O) groups excluding carboxylic acids is 2. The Balaban J connectivity index is 1.48. The van der Waals surface area contributed by atoms with Gasteiger partial charge in [0.25, 0.3) is 5.91 Å². The second kappa shape index (κ2) is 8.94. The number of nitrogens with zero attached hydrogens (tertiary/aromatic N) is 2. The molecule has 0 saturated heterocycles. The molecule has 0 saturated carbocycles. The van der Waals surface area contributed by atoms with Crippen molar-refractivity contribution in [1.82, 2.24) is 20.8 Å². The first-order valence-corrected chi connectivity index (χ1v) is 9.01. The van der Waals surface area contributed by atoms with Gasteiger partial charge in [0.1, 0.15) is 0 Å². The molecule has 3 aromatic rings. The fourth-order valence-corrected chi connectivity index (χ4v) is 2.68. The second-order valence-corrected chi connectivity index (χ2v) is 6.53. The molecule has 0 aliphatic rings. The van der Waals surface area contributed by atoms with Crippen molar-refractivity contribution >= 4 is 11.8 Å². The van der Waals surface area contributed by atoms with Crippen LogP contribution in [0.5, 0.6) is 0 Å². The molecule has 0 aliphatic carbocycles. The van der Waals surface area contributed by atoms with E-state index in [-0.39, 0.29) is 30.5 Å². The van der Waals surface area contributed by atoms with Gasteiger partial charge in [0.2, 0.25) is 5.91 Å². The quantitative estimate of drug-likeness (QED) is 0.659. The molecule has 3 rings (SSSR count). The summed E-state index contributed by atoms with van der Waals surface area (Å²) in [7, 11) is 0. The summed E-state index contributed by atoms with van der Waals surface area (Å²) in [6.45, 7) is 4.61. The van der Waals surface area contributed by atoms with E-state index in [4.69, 9.17) is 4.52 Å². The molecular weight excluding hydrogens is 356 g/mol. The van der Waals surface area contributed by atoms with E-state index in [9.17, 15) is 9.59 Å². The van der Waals surface area contributed by atoms with Crippen molar-refractivity contribution in [3.8, 4) is 11.3 Å². The first-order valence-electron chi connectivity index (χ1n) is 9.01. The van der Waals surface area contributed by atoms with Gasteiger partial charge in [-0.05, 0) is 43.2 Å². The lowest BCUT2D eigenvalue weighted by atomic mass is 10.0. The molecule has 0 atom stereocenters. The predicted octanol–water partition coefficient (Wildman–Crippen LogP) is 2.79. The predicted molar refractivity (Wildman–Crippen MR) is 104 cm³/mol. The lowest BCUT2D eigenvalue weighted by Gasteiger charge is -2.05. The second-order valence-electron chi connectivity index (χ2n) is 6.53. The van der Waals surface area contributed by atoms with Crippen LogP contribution in [0.15, 0.2) is 53.3 Å². The van der Waals surface area contributed by atoms with Crippen LogP contribution in [-0.4, -0.2) is 28.5 Å². The highest BCUT2D eigenvalue weighted by molar-refractivity contribution is 5.93. The molecule has 7 nitrogen and oxygen atoms in total. The largest absolute Gasteiger partial charge is 0.355 e. The summed E-state index contributed by atoms with van der Waals surface area (Å²) < 4.78 is 5.33. The van der Waals surface area contributed by atoms with Crippen molar-refractivity contribution in [2.45, 2.75) is 26.8 Å². The summed E-state index contributed by atoms with van der Waals surface area (Å²) in [6.07, 6.45) is 3.52. The molecule has 0 unspecified atom stereocenters. The minimum atomic E-state index is -0.373. The Labute approximate surface area is 163 Å². The molecule has 0 spiro atoms. The molecule has 0 radical (unpaired) electrons. The third-order valence-electron chi connectivity index (χ3n) is 4.28. The van der Waals surface area contributed by atoms with Crippen LogP contribution in [0.1, 0.15) is 33.6 Å². The SMILES string of the molecule is Cc1ccc(C)c(-c2cc(C(=O)NCCC(=O)NCc3ccncc3)no2)c1. The van der Waals surface area contributed by atoms with Gasteiger partial charge in [-0.2, -0.15) is 0 Å². The van der Waals surface area contributed by atoms with E-state index in [1.54, 1.807) is 18.5 Å². The summed E-state index contributed by atoms with van der Waals surface area (Å²) in [6, 6.07) is 11.3. The number of benzene rings is 1. The van der Waals surface area contributed by atoms with Crippen LogP contribution in [0.4, 0.5) is 0 Å².